The average molecular weight is 352 g/mol. The van der Waals surface area contributed by atoms with E-state index in [4.69, 9.17) is 4.74 Å². The van der Waals surface area contributed by atoms with Crippen molar-refractivity contribution >= 4 is 31.9 Å². The van der Waals surface area contributed by atoms with Crippen LogP contribution in [0.4, 0.5) is 0 Å². The molecule has 1 heterocycles. The summed E-state index contributed by atoms with van der Waals surface area (Å²) in [6, 6.07) is 12.2. The molecule has 0 aromatic heterocycles. The summed E-state index contributed by atoms with van der Waals surface area (Å²) in [5, 5.41) is 0. The number of hydrogen-bond donors (Lipinski definition) is 0. The first-order valence-electron chi connectivity index (χ1n) is 5.86. The molecule has 0 radical (unpaired) electrons. The van der Waals surface area contributed by atoms with Crippen molar-refractivity contribution in [3.05, 3.63) is 58.1 Å². The zero-order valence-electron chi connectivity index (χ0n) is 10.5. The van der Waals surface area contributed by atoms with Crippen molar-refractivity contribution in [2.45, 2.75) is 11.8 Å². The Bertz CT molecular complexity index is 828. The highest BCUT2D eigenvalue weighted by Gasteiger charge is 2.30. The van der Waals surface area contributed by atoms with Crippen LogP contribution in [-0.4, -0.2) is 14.3 Å². The first-order chi connectivity index (χ1) is 9.47. The summed E-state index contributed by atoms with van der Waals surface area (Å²) in [6.45, 7) is 1.89. The van der Waals surface area contributed by atoms with E-state index in [-0.39, 0.29) is 10.8 Å². The number of aryl methyl sites for hydroxylation is 1. The van der Waals surface area contributed by atoms with Crippen LogP contribution in [0.25, 0.3) is 0 Å². The van der Waals surface area contributed by atoms with Gasteiger partial charge < -0.3 is 4.74 Å². The molecule has 0 bridgehead atoms. The number of sulfonamides is 1. The van der Waals surface area contributed by atoms with E-state index in [1.165, 1.54) is 6.07 Å². The Morgan fingerprint density at radius 3 is 2.70 bits per heavy atom. The van der Waals surface area contributed by atoms with E-state index in [1.807, 2.05) is 19.1 Å². The van der Waals surface area contributed by atoms with Crippen LogP contribution < -0.4 is 4.74 Å². The maximum absolute atomic E-state index is 11.9. The molecule has 0 saturated heterocycles. The SMILES string of the molecule is Cc1ccc(Br)cc1OC1=NS(=O)(=O)c2ccccc21. The number of rotatable bonds is 1. The van der Waals surface area contributed by atoms with Gasteiger partial charge >= 0.3 is 0 Å². The van der Waals surface area contributed by atoms with Gasteiger partial charge in [0.15, 0.2) is 0 Å². The van der Waals surface area contributed by atoms with E-state index < -0.39 is 10.0 Å². The predicted octanol–water partition coefficient (Wildman–Crippen LogP) is 3.29. The van der Waals surface area contributed by atoms with Gasteiger partial charge in [0.05, 0.1) is 5.56 Å². The first-order valence-corrected chi connectivity index (χ1v) is 8.09. The second-order valence-electron chi connectivity index (χ2n) is 4.38. The number of hydrogen-bond acceptors (Lipinski definition) is 3. The lowest BCUT2D eigenvalue weighted by Crippen LogP contribution is -2.08. The minimum atomic E-state index is -3.65. The molecule has 0 spiro atoms. The van der Waals surface area contributed by atoms with Crippen LogP contribution in [0, 0.1) is 6.92 Å². The van der Waals surface area contributed by atoms with Crippen molar-refractivity contribution in [2.75, 3.05) is 0 Å². The van der Waals surface area contributed by atoms with Crippen molar-refractivity contribution in [3.8, 4) is 5.75 Å². The van der Waals surface area contributed by atoms with Crippen LogP contribution in [0.3, 0.4) is 0 Å². The van der Waals surface area contributed by atoms with Gasteiger partial charge in [-0.3, -0.25) is 0 Å². The molecule has 20 heavy (non-hydrogen) atoms. The monoisotopic (exact) mass is 351 g/mol. The molecule has 6 heteroatoms. The van der Waals surface area contributed by atoms with E-state index >= 15 is 0 Å². The first kappa shape index (κ1) is 13.3. The third-order valence-corrected chi connectivity index (χ3v) is 4.77. The predicted molar refractivity (Wildman–Crippen MR) is 79.7 cm³/mol. The van der Waals surface area contributed by atoms with Crippen LogP contribution >= 0.6 is 15.9 Å². The average Bonchev–Trinajstić information content (AvgIpc) is 2.66. The lowest BCUT2D eigenvalue weighted by atomic mass is 10.2. The van der Waals surface area contributed by atoms with Crippen molar-refractivity contribution in [1.82, 2.24) is 0 Å². The van der Waals surface area contributed by atoms with Gasteiger partial charge in [-0.2, -0.15) is 8.42 Å². The van der Waals surface area contributed by atoms with Crippen molar-refractivity contribution in [2.24, 2.45) is 4.40 Å². The van der Waals surface area contributed by atoms with Gasteiger partial charge in [0.25, 0.3) is 10.0 Å². The van der Waals surface area contributed by atoms with Crippen LogP contribution in [0.1, 0.15) is 11.1 Å². The number of fused-ring (bicyclic) bond motifs is 1. The summed E-state index contributed by atoms with van der Waals surface area (Å²) < 4.78 is 34.1. The van der Waals surface area contributed by atoms with Gasteiger partial charge in [0.1, 0.15) is 10.6 Å². The third-order valence-electron chi connectivity index (χ3n) is 2.96. The number of ether oxygens (including phenoxy) is 1. The Hall–Kier alpha value is -1.66. The topological polar surface area (TPSA) is 55.7 Å². The lowest BCUT2D eigenvalue weighted by molar-refractivity contribution is 0.549. The third kappa shape index (κ3) is 2.25. The van der Waals surface area contributed by atoms with Gasteiger partial charge in [-0.15, -0.1) is 4.40 Å². The Kier molecular flexibility index (Phi) is 3.14. The molecular weight excluding hydrogens is 342 g/mol. The van der Waals surface area contributed by atoms with Gasteiger partial charge in [-0.1, -0.05) is 34.1 Å². The number of benzene rings is 2. The Balaban J connectivity index is 2.07. The minimum absolute atomic E-state index is 0.113. The van der Waals surface area contributed by atoms with Crippen LogP contribution in [0.15, 0.2) is 56.2 Å². The zero-order chi connectivity index (χ0) is 14.3. The summed E-state index contributed by atoms with van der Waals surface area (Å²) in [5.41, 5.74) is 1.39. The second-order valence-corrected chi connectivity index (χ2v) is 6.87. The Morgan fingerprint density at radius 2 is 1.90 bits per heavy atom. The molecule has 0 amide bonds. The molecular formula is C14H10BrNO3S. The lowest BCUT2D eigenvalue weighted by Gasteiger charge is -2.08. The Labute approximate surface area is 125 Å². The van der Waals surface area contributed by atoms with Crippen molar-refractivity contribution in [3.63, 3.8) is 0 Å². The van der Waals surface area contributed by atoms with E-state index in [1.54, 1.807) is 24.3 Å². The van der Waals surface area contributed by atoms with Gasteiger partial charge in [-0.05, 0) is 36.8 Å². The van der Waals surface area contributed by atoms with Crippen LogP contribution in [0.5, 0.6) is 5.75 Å². The maximum atomic E-state index is 11.9. The molecule has 102 valence electrons. The molecule has 0 atom stereocenters. The summed E-state index contributed by atoms with van der Waals surface area (Å²) in [6.07, 6.45) is 0. The molecule has 1 aliphatic heterocycles. The smallest absolute Gasteiger partial charge is 0.286 e. The highest BCUT2D eigenvalue weighted by Crippen LogP contribution is 2.29. The molecule has 0 saturated carbocycles. The fourth-order valence-electron chi connectivity index (χ4n) is 1.94. The van der Waals surface area contributed by atoms with Gasteiger partial charge in [0, 0.05) is 4.47 Å². The van der Waals surface area contributed by atoms with Crippen LogP contribution in [-0.2, 0) is 10.0 Å². The summed E-state index contributed by atoms with van der Waals surface area (Å²) in [5.74, 6) is 0.687. The molecule has 1 aliphatic rings. The molecule has 4 nitrogen and oxygen atoms in total. The molecule has 0 aliphatic carbocycles. The molecule has 0 fully saturated rings. The quantitative estimate of drug-likeness (QED) is 0.792. The van der Waals surface area contributed by atoms with Crippen LogP contribution in [0.2, 0.25) is 0 Å². The van der Waals surface area contributed by atoms with E-state index in [2.05, 4.69) is 20.3 Å². The normalized spacial score (nSPS) is 15.6. The van der Waals surface area contributed by atoms with E-state index in [0.717, 1.165) is 10.0 Å². The molecule has 0 unspecified atom stereocenters. The fraction of sp³-hybridized carbons (Fsp3) is 0.0714. The molecule has 2 aromatic carbocycles. The largest absolute Gasteiger partial charge is 0.437 e. The highest BCUT2D eigenvalue weighted by molar-refractivity contribution is 9.10. The zero-order valence-corrected chi connectivity index (χ0v) is 12.9. The molecule has 3 rings (SSSR count). The second kappa shape index (κ2) is 4.71. The Morgan fingerprint density at radius 1 is 1.15 bits per heavy atom. The standard InChI is InChI=1S/C14H10BrNO3S/c1-9-6-7-10(15)8-12(9)19-14-11-4-2-3-5-13(11)20(17,18)16-14/h2-8H,1H3. The fourth-order valence-corrected chi connectivity index (χ4v) is 3.41. The van der Waals surface area contributed by atoms with Gasteiger partial charge in [0.2, 0.25) is 5.90 Å². The van der Waals surface area contributed by atoms with Crippen molar-refractivity contribution in [1.29, 1.82) is 0 Å². The number of halogens is 1. The molecule has 2 aromatic rings. The highest BCUT2D eigenvalue weighted by atomic mass is 79.9. The number of nitrogens with zero attached hydrogens (tertiary/aromatic N) is 1. The van der Waals surface area contributed by atoms with Crippen molar-refractivity contribution < 1.29 is 13.2 Å². The molecule has 0 N–H and O–H groups in total. The minimum Gasteiger partial charge on any atom is -0.437 e. The summed E-state index contributed by atoms with van der Waals surface area (Å²) >= 11 is 3.36. The summed E-state index contributed by atoms with van der Waals surface area (Å²) in [4.78, 5) is 0.183. The summed E-state index contributed by atoms with van der Waals surface area (Å²) in [7, 11) is -3.65. The van der Waals surface area contributed by atoms with E-state index in [0.29, 0.717) is 11.3 Å². The van der Waals surface area contributed by atoms with E-state index in [9.17, 15) is 8.42 Å². The maximum Gasteiger partial charge on any atom is 0.286 e. The van der Waals surface area contributed by atoms with Gasteiger partial charge in [-0.25, -0.2) is 0 Å².